The van der Waals surface area contributed by atoms with E-state index in [1.165, 1.54) is 12.2 Å². The molecule has 0 saturated carbocycles. The highest BCUT2D eigenvalue weighted by Gasteiger charge is 2.32. The predicted molar refractivity (Wildman–Crippen MR) is 68.6 cm³/mol. The van der Waals surface area contributed by atoms with Crippen molar-refractivity contribution in [2.24, 2.45) is 0 Å². The first kappa shape index (κ1) is 12.1. The first-order valence-electron chi connectivity index (χ1n) is 5.61. The zero-order valence-electron chi connectivity index (χ0n) is 9.85. The average Bonchev–Trinajstić information content (AvgIpc) is 2.62. The van der Waals surface area contributed by atoms with E-state index in [1.54, 1.807) is 0 Å². The van der Waals surface area contributed by atoms with Gasteiger partial charge in [-0.2, -0.15) is 0 Å². The van der Waals surface area contributed by atoms with Gasteiger partial charge in [0.25, 0.3) is 0 Å². The summed E-state index contributed by atoms with van der Waals surface area (Å²) in [5.41, 5.74) is 1.94. The second-order valence-corrected chi connectivity index (χ2v) is 4.05. The summed E-state index contributed by atoms with van der Waals surface area (Å²) < 4.78 is 0. The minimum absolute atomic E-state index is 0.260. The number of nitrogens with one attached hydrogen (secondary N) is 2. The summed E-state index contributed by atoms with van der Waals surface area (Å²) in [4.78, 5) is 22.8. The molecule has 1 aliphatic rings. The summed E-state index contributed by atoms with van der Waals surface area (Å²) in [6.07, 6.45) is 2.43. The quantitative estimate of drug-likeness (QED) is 0.784. The lowest BCUT2D eigenvalue weighted by atomic mass is 10.1. The van der Waals surface area contributed by atoms with Crippen LogP contribution in [0.5, 0.6) is 0 Å². The number of fused-ring (bicyclic) bond motifs is 2. The summed E-state index contributed by atoms with van der Waals surface area (Å²) >= 11 is 0. The highest BCUT2D eigenvalue weighted by atomic mass is 16.2. The Labute approximate surface area is 105 Å². The average molecular weight is 242 g/mol. The van der Waals surface area contributed by atoms with E-state index in [0.29, 0.717) is 0 Å². The largest absolute Gasteiger partial charge is 0.343 e. The number of hydrogen-bond donors (Lipinski definition) is 2. The van der Waals surface area contributed by atoms with Gasteiger partial charge in [0, 0.05) is 0 Å². The van der Waals surface area contributed by atoms with Crippen LogP contribution in [0.2, 0.25) is 0 Å². The molecule has 4 heteroatoms. The maximum absolute atomic E-state index is 11.4. The summed E-state index contributed by atoms with van der Waals surface area (Å²) in [5.74, 6) is -0.527. The second kappa shape index (κ2) is 4.87. The van der Waals surface area contributed by atoms with Crippen LogP contribution in [0, 0.1) is 0 Å². The fraction of sp³-hybridized carbons (Fsp3) is 0.143. The Morgan fingerprint density at radius 3 is 1.83 bits per heavy atom. The zero-order valence-corrected chi connectivity index (χ0v) is 9.85. The molecule has 1 aromatic carbocycles. The van der Waals surface area contributed by atoms with Gasteiger partial charge >= 0.3 is 0 Å². The lowest BCUT2D eigenvalue weighted by Gasteiger charge is -2.22. The van der Waals surface area contributed by atoms with Gasteiger partial charge in [-0.15, -0.1) is 0 Å². The van der Waals surface area contributed by atoms with Gasteiger partial charge in [-0.3, -0.25) is 9.59 Å². The highest BCUT2D eigenvalue weighted by molar-refractivity contribution is 5.89. The topological polar surface area (TPSA) is 58.2 Å². The smallest absolute Gasteiger partial charge is 0.243 e. The van der Waals surface area contributed by atoms with Crippen LogP contribution in [-0.4, -0.2) is 11.8 Å². The van der Waals surface area contributed by atoms with Crippen molar-refractivity contribution in [3.05, 3.63) is 60.7 Å². The molecule has 0 aliphatic heterocycles. The monoisotopic (exact) mass is 242 g/mol. The molecule has 0 fully saturated rings. The fourth-order valence-electron chi connectivity index (χ4n) is 2.09. The normalized spacial score (nSPS) is 20.0. The summed E-state index contributed by atoms with van der Waals surface area (Å²) in [5, 5.41) is 5.63. The Balaban J connectivity index is 2.23. The standard InChI is InChI=1S/C14H14N2O2/c1-3-11(17)15-13-9-6-5-7-10(8-9)14(13)16-12(18)4-2/h3-8,13-14H,1-2H2,(H,15,17)(H,16,18). The maximum Gasteiger partial charge on any atom is 0.243 e. The number of amides is 2. The van der Waals surface area contributed by atoms with Gasteiger partial charge in [0.1, 0.15) is 0 Å². The van der Waals surface area contributed by atoms with Gasteiger partial charge in [-0.05, 0) is 23.3 Å². The molecule has 0 saturated heterocycles. The molecule has 0 radical (unpaired) electrons. The van der Waals surface area contributed by atoms with E-state index in [1.807, 2.05) is 24.3 Å². The second-order valence-electron chi connectivity index (χ2n) is 4.05. The Morgan fingerprint density at radius 2 is 1.44 bits per heavy atom. The van der Waals surface area contributed by atoms with Crippen molar-refractivity contribution in [1.29, 1.82) is 0 Å². The first-order valence-corrected chi connectivity index (χ1v) is 5.61. The van der Waals surface area contributed by atoms with Gasteiger partial charge in [0.05, 0.1) is 12.1 Å². The van der Waals surface area contributed by atoms with Crippen LogP contribution in [0.4, 0.5) is 0 Å². The molecule has 0 heterocycles. The molecule has 2 N–H and O–H groups in total. The van der Waals surface area contributed by atoms with Crippen LogP contribution in [-0.2, 0) is 9.59 Å². The van der Waals surface area contributed by atoms with E-state index in [0.717, 1.165) is 11.1 Å². The van der Waals surface area contributed by atoms with Gasteiger partial charge < -0.3 is 10.6 Å². The molecule has 1 aliphatic carbocycles. The predicted octanol–water partition coefficient (Wildman–Crippen LogP) is 1.39. The number of hydrogen-bond acceptors (Lipinski definition) is 2. The molecule has 2 unspecified atom stereocenters. The molecule has 2 bridgehead atoms. The van der Waals surface area contributed by atoms with Crippen molar-refractivity contribution in [3.8, 4) is 0 Å². The molecule has 0 aromatic heterocycles. The van der Waals surface area contributed by atoms with E-state index in [4.69, 9.17) is 0 Å². The number of rotatable bonds is 4. The van der Waals surface area contributed by atoms with Crippen molar-refractivity contribution in [2.75, 3.05) is 0 Å². The number of carbonyl (C=O) groups is 2. The third kappa shape index (κ3) is 2.18. The minimum atomic E-state index is -0.264. The molecule has 92 valence electrons. The van der Waals surface area contributed by atoms with E-state index in [-0.39, 0.29) is 23.9 Å². The van der Waals surface area contributed by atoms with Crippen molar-refractivity contribution in [3.63, 3.8) is 0 Å². The minimum Gasteiger partial charge on any atom is -0.343 e. The molecule has 2 atom stereocenters. The van der Waals surface area contributed by atoms with Crippen LogP contribution in [0.3, 0.4) is 0 Å². The van der Waals surface area contributed by atoms with Crippen molar-refractivity contribution < 1.29 is 9.59 Å². The van der Waals surface area contributed by atoms with Crippen LogP contribution in [0.25, 0.3) is 0 Å². The lowest BCUT2D eigenvalue weighted by molar-refractivity contribution is -0.119. The molecule has 1 aromatic rings. The Kier molecular flexibility index (Phi) is 3.28. The third-order valence-corrected chi connectivity index (χ3v) is 2.93. The van der Waals surface area contributed by atoms with Crippen LogP contribution in [0.15, 0.2) is 49.6 Å². The van der Waals surface area contributed by atoms with Crippen LogP contribution < -0.4 is 10.6 Å². The van der Waals surface area contributed by atoms with Gasteiger partial charge in [-0.25, -0.2) is 0 Å². The SMILES string of the molecule is C=CC(=O)NC1c2cccc(c2)C1NC(=O)C=C. The lowest BCUT2D eigenvalue weighted by Crippen LogP contribution is -2.37. The van der Waals surface area contributed by atoms with E-state index in [9.17, 15) is 9.59 Å². The third-order valence-electron chi connectivity index (χ3n) is 2.93. The number of benzene rings is 1. The first-order chi connectivity index (χ1) is 8.65. The summed E-state index contributed by atoms with van der Waals surface area (Å²) in [6, 6.07) is 7.17. The Bertz CT molecular complexity index is 479. The van der Waals surface area contributed by atoms with Gasteiger partial charge in [0.2, 0.25) is 11.8 Å². The molecule has 0 spiro atoms. The van der Waals surface area contributed by atoms with E-state index in [2.05, 4.69) is 23.8 Å². The molecule has 2 amide bonds. The van der Waals surface area contributed by atoms with Crippen LogP contribution >= 0.6 is 0 Å². The fourth-order valence-corrected chi connectivity index (χ4v) is 2.09. The van der Waals surface area contributed by atoms with Crippen molar-refractivity contribution in [2.45, 2.75) is 12.1 Å². The molecule has 4 nitrogen and oxygen atoms in total. The van der Waals surface area contributed by atoms with Gasteiger partial charge in [-0.1, -0.05) is 37.4 Å². The van der Waals surface area contributed by atoms with Crippen molar-refractivity contribution in [1.82, 2.24) is 10.6 Å². The van der Waals surface area contributed by atoms with E-state index < -0.39 is 0 Å². The Hall–Kier alpha value is -2.36. The molecular weight excluding hydrogens is 228 g/mol. The molecular formula is C14H14N2O2. The van der Waals surface area contributed by atoms with Crippen molar-refractivity contribution >= 4 is 11.8 Å². The zero-order chi connectivity index (χ0) is 13.1. The summed E-state index contributed by atoms with van der Waals surface area (Å²) in [6.45, 7) is 6.85. The maximum atomic E-state index is 11.4. The Morgan fingerprint density at radius 1 is 1.00 bits per heavy atom. The highest BCUT2D eigenvalue weighted by Crippen LogP contribution is 2.36. The van der Waals surface area contributed by atoms with Crippen LogP contribution in [0.1, 0.15) is 23.2 Å². The van der Waals surface area contributed by atoms with E-state index >= 15 is 0 Å². The summed E-state index contributed by atoms with van der Waals surface area (Å²) in [7, 11) is 0. The number of carbonyl (C=O) groups excluding carboxylic acids is 2. The van der Waals surface area contributed by atoms with Gasteiger partial charge in [0.15, 0.2) is 0 Å². The molecule has 18 heavy (non-hydrogen) atoms. The molecule has 2 rings (SSSR count).